The van der Waals surface area contributed by atoms with Gasteiger partial charge in [0.1, 0.15) is 18.2 Å². The molecule has 130 valence electrons. The molecule has 8 nitrogen and oxygen atoms in total. The van der Waals surface area contributed by atoms with E-state index in [9.17, 15) is 19.2 Å². The quantitative estimate of drug-likeness (QED) is 0.237. The van der Waals surface area contributed by atoms with Gasteiger partial charge in [0.2, 0.25) is 17.6 Å². The molecule has 0 aromatic rings. The molecule has 2 aliphatic carbocycles. The number of likely N-dealkylation sites (tertiary alicyclic amines) is 1. The van der Waals surface area contributed by atoms with E-state index in [1.807, 2.05) is 12.2 Å². The number of carbonyl (C=O) groups excluding carboxylic acids is 4. The fourth-order valence-electron chi connectivity index (χ4n) is 3.88. The molecule has 2 N–H and O–H groups in total. The lowest BCUT2D eigenvalue weighted by molar-refractivity contribution is -0.154. The molecule has 2 bridgehead atoms. The number of amides is 2. The SMILES string of the molecule is C/C(N)=C(/C#N)C(=O)COC(=O)CN1C(=O)[C@@H]2[C@H](C1=O)[C@H]1C=C[C@H]2C1. The summed E-state index contributed by atoms with van der Waals surface area (Å²) in [5.41, 5.74) is 5.15. The number of nitrogens with two attached hydrogens (primary N) is 1. The fraction of sp³-hybridized carbons (Fsp3) is 0.471. The van der Waals surface area contributed by atoms with Crippen LogP contribution in [0, 0.1) is 35.0 Å². The summed E-state index contributed by atoms with van der Waals surface area (Å²) < 4.78 is 4.80. The predicted molar refractivity (Wildman–Crippen MR) is 82.9 cm³/mol. The third-order valence-electron chi connectivity index (χ3n) is 5.00. The van der Waals surface area contributed by atoms with Crippen molar-refractivity contribution in [1.82, 2.24) is 4.90 Å². The van der Waals surface area contributed by atoms with Crippen LogP contribution < -0.4 is 5.73 Å². The summed E-state index contributed by atoms with van der Waals surface area (Å²) in [5.74, 6) is -2.96. The molecule has 0 radical (unpaired) electrons. The van der Waals surface area contributed by atoms with Gasteiger partial charge in [-0.1, -0.05) is 12.2 Å². The lowest BCUT2D eigenvalue weighted by Crippen LogP contribution is -2.38. The van der Waals surface area contributed by atoms with Gasteiger partial charge in [-0.25, -0.2) is 0 Å². The topological polar surface area (TPSA) is 131 Å². The number of imide groups is 1. The van der Waals surface area contributed by atoms with E-state index >= 15 is 0 Å². The minimum atomic E-state index is -0.873. The highest BCUT2D eigenvalue weighted by atomic mass is 16.5. The van der Waals surface area contributed by atoms with Crippen LogP contribution in [0.25, 0.3) is 0 Å². The van der Waals surface area contributed by atoms with Crippen LogP contribution >= 0.6 is 0 Å². The van der Waals surface area contributed by atoms with Crippen molar-refractivity contribution in [3.05, 3.63) is 23.4 Å². The van der Waals surface area contributed by atoms with E-state index in [1.54, 1.807) is 6.07 Å². The molecule has 8 heteroatoms. The second-order valence-corrected chi connectivity index (χ2v) is 6.52. The van der Waals surface area contributed by atoms with Crippen LogP contribution in [0.4, 0.5) is 0 Å². The summed E-state index contributed by atoms with van der Waals surface area (Å²) in [7, 11) is 0. The van der Waals surface area contributed by atoms with Gasteiger partial charge in [0.15, 0.2) is 6.61 Å². The third-order valence-corrected chi connectivity index (χ3v) is 5.00. The predicted octanol–water partition coefficient (Wildman–Crippen LogP) is -0.338. The average Bonchev–Trinajstić information content (AvgIpc) is 3.23. The van der Waals surface area contributed by atoms with Crippen molar-refractivity contribution in [2.24, 2.45) is 29.4 Å². The molecule has 3 rings (SSSR count). The fourth-order valence-corrected chi connectivity index (χ4v) is 3.88. The Hall–Kier alpha value is -2.95. The highest BCUT2D eigenvalue weighted by Gasteiger charge is 2.59. The molecule has 0 aromatic carbocycles. The molecule has 4 atom stereocenters. The number of fused-ring (bicyclic) bond motifs is 5. The van der Waals surface area contributed by atoms with Crippen molar-refractivity contribution < 1.29 is 23.9 Å². The van der Waals surface area contributed by atoms with Gasteiger partial charge < -0.3 is 10.5 Å². The molecule has 2 amide bonds. The van der Waals surface area contributed by atoms with E-state index in [1.165, 1.54) is 6.92 Å². The first-order valence-corrected chi connectivity index (χ1v) is 7.94. The number of nitrogens with zero attached hydrogens (tertiary/aromatic N) is 2. The van der Waals surface area contributed by atoms with Crippen LogP contribution in [0.1, 0.15) is 13.3 Å². The Kier molecular flexibility index (Phi) is 4.17. The molecule has 25 heavy (non-hydrogen) atoms. The number of esters is 1. The summed E-state index contributed by atoms with van der Waals surface area (Å²) in [6.45, 7) is 0.206. The number of carbonyl (C=O) groups is 4. The van der Waals surface area contributed by atoms with E-state index in [2.05, 4.69) is 0 Å². The van der Waals surface area contributed by atoms with Gasteiger partial charge in [0.25, 0.3) is 0 Å². The zero-order valence-electron chi connectivity index (χ0n) is 13.6. The van der Waals surface area contributed by atoms with Gasteiger partial charge in [0.05, 0.1) is 11.8 Å². The highest BCUT2D eigenvalue weighted by Crippen LogP contribution is 2.52. The highest BCUT2D eigenvalue weighted by molar-refractivity contribution is 6.08. The number of ether oxygens (including phenoxy) is 1. The van der Waals surface area contributed by atoms with Crippen molar-refractivity contribution >= 4 is 23.6 Å². The van der Waals surface area contributed by atoms with Crippen molar-refractivity contribution in [1.29, 1.82) is 5.26 Å². The first kappa shape index (κ1) is 16.9. The zero-order valence-corrected chi connectivity index (χ0v) is 13.6. The molecule has 0 unspecified atom stereocenters. The Morgan fingerprint density at radius 3 is 2.32 bits per heavy atom. The maximum atomic E-state index is 12.4. The van der Waals surface area contributed by atoms with Crippen LogP contribution in [0.3, 0.4) is 0 Å². The Morgan fingerprint density at radius 1 is 1.28 bits per heavy atom. The van der Waals surface area contributed by atoms with Crippen LogP contribution in [0.5, 0.6) is 0 Å². The first-order chi connectivity index (χ1) is 11.8. The van der Waals surface area contributed by atoms with Gasteiger partial charge in [-0.3, -0.25) is 24.1 Å². The summed E-state index contributed by atoms with van der Waals surface area (Å²) in [4.78, 5) is 49.4. The van der Waals surface area contributed by atoms with Gasteiger partial charge in [-0.05, 0) is 25.2 Å². The van der Waals surface area contributed by atoms with E-state index in [0.717, 1.165) is 11.3 Å². The van der Waals surface area contributed by atoms with Crippen LogP contribution in [-0.4, -0.2) is 41.6 Å². The number of Topliss-reactive ketones (excluding diaryl/α,β-unsaturated/α-hetero) is 1. The summed E-state index contributed by atoms with van der Waals surface area (Å²) in [6.07, 6.45) is 4.73. The minimum Gasteiger partial charge on any atom is -0.456 e. The summed E-state index contributed by atoms with van der Waals surface area (Å²) in [5, 5.41) is 8.83. The van der Waals surface area contributed by atoms with Crippen molar-refractivity contribution in [3.8, 4) is 6.07 Å². The van der Waals surface area contributed by atoms with E-state index in [0.29, 0.717) is 0 Å². The van der Waals surface area contributed by atoms with Gasteiger partial charge in [-0.15, -0.1) is 0 Å². The molecule has 1 saturated heterocycles. The summed E-state index contributed by atoms with van der Waals surface area (Å²) in [6, 6.07) is 1.64. The second-order valence-electron chi connectivity index (χ2n) is 6.52. The van der Waals surface area contributed by atoms with Gasteiger partial charge in [0, 0.05) is 5.70 Å². The largest absolute Gasteiger partial charge is 0.456 e. The van der Waals surface area contributed by atoms with E-state index in [4.69, 9.17) is 15.7 Å². The monoisotopic (exact) mass is 343 g/mol. The smallest absolute Gasteiger partial charge is 0.326 e. The molecule has 1 aliphatic heterocycles. The molecule has 1 saturated carbocycles. The maximum absolute atomic E-state index is 12.4. The minimum absolute atomic E-state index is 0.0317. The Labute approximate surface area is 143 Å². The number of hydrogen-bond acceptors (Lipinski definition) is 7. The standard InChI is InChI=1S/C17H17N3O5/c1-8(19)11(5-18)12(21)7-25-13(22)6-20-16(23)14-9-2-3-10(4-9)15(14)17(20)24/h2-3,9-10,14-15H,4,6-7,19H2,1H3/b11-8+/t9-,10-,14-,15+/m0/s1. The second kappa shape index (κ2) is 6.16. The molecule has 0 aromatic heterocycles. The molecule has 0 spiro atoms. The molecular formula is C17H17N3O5. The van der Waals surface area contributed by atoms with E-state index < -0.39 is 24.9 Å². The summed E-state index contributed by atoms with van der Waals surface area (Å²) >= 11 is 0. The maximum Gasteiger partial charge on any atom is 0.326 e. The number of allylic oxidation sites excluding steroid dienone is 3. The number of ketones is 1. The lowest BCUT2D eigenvalue weighted by atomic mass is 9.85. The van der Waals surface area contributed by atoms with Crippen molar-refractivity contribution in [2.45, 2.75) is 13.3 Å². The van der Waals surface area contributed by atoms with Crippen LogP contribution in [0.15, 0.2) is 23.4 Å². The van der Waals surface area contributed by atoms with E-state index in [-0.39, 0.29) is 46.8 Å². The average molecular weight is 343 g/mol. The Balaban J connectivity index is 1.59. The van der Waals surface area contributed by atoms with Crippen LogP contribution in [-0.2, 0) is 23.9 Å². The normalized spacial score (nSPS) is 30.2. The Bertz CT molecular complexity index is 742. The van der Waals surface area contributed by atoms with Gasteiger partial charge in [-0.2, -0.15) is 5.26 Å². The van der Waals surface area contributed by atoms with Crippen LogP contribution in [0.2, 0.25) is 0 Å². The zero-order chi connectivity index (χ0) is 18.3. The van der Waals surface area contributed by atoms with Crippen molar-refractivity contribution in [3.63, 3.8) is 0 Å². The molecule has 1 heterocycles. The van der Waals surface area contributed by atoms with Crippen molar-refractivity contribution in [2.75, 3.05) is 13.2 Å². The number of hydrogen-bond donors (Lipinski definition) is 1. The third kappa shape index (κ3) is 2.71. The molecular weight excluding hydrogens is 326 g/mol. The van der Waals surface area contributed by atoms with Gasteiger partial charge >= 0.3 is 5.97 Å². The molecule has 3 aliphatic rings. The number of nitriles is 1. The first-order valence-electron chi connectivity index (χ1n) is 7.94. The number of rotatable bonds is 5. The Morgan fingerprint density at radius 2 is 1.84 bits per heavy atom. The molecule has 2 fully saturated rings. The lowest BCUT2D eigenvalue weighted by Gasteiger charge is -2.16.